The molecule has 1 N–H and O–H groups in total. The zero-order valence-electron chi connectivity index (χ0n) is 10.6. The summed E-state index contributed by atoms with van der Waals surface area (Å²) in [6, 6.07) is 7.22. The molecule has 2 aromatic rings. The highest BCUT2D eigenvalue weighted by Gasteiger charge is 2.10. The molecule has 5 nitrogen and oxygen atoms in total. The second-order valence-electron chi connectivity index (χ2n) is 4.07. The first-order chi connectivity index (χ1) is 8.61. The minimum Gasteiger partial charge on any atom is -0.497 e. The molecule has 0 saturated heterocycles. The van der Waals surface area contributed by atoms with Gasteiger partial charge in [-0.1, -0.05) is 6.07 Å². The number of ether oxygens (including phenoxy) is 1. The van der Waals surface area contributed by atoms with E-state index in [9.17, 15) is 4.79 Å². The first-order valence-corrected chi connectivity index (χ1v) is 5.53. The molecular formula is C13H15N3O2. The fourth-order valence-corrected chi connectivity index (χ4v) is 1.60. The van der Waals surface area contributed by atoms with Gasteiger partial charge in [0.15, 0.2) is 0 Å². The lowest BCUT2D eigenvalue weighted by atomic mass is 10.2. The highest BCUT2D eigenvalue weighted by molar-refractivity contribution is 6.00. The number of carbonyl (C=O) groups is 1. The van der Waals surface area contributed by atoms with Gasteiger partial charge in [-0.2, -0.15) is 0 Å². The van der Waals surface area contributed by atoms with E-state index in [0.29, 0.717) is 11.4 Å². The number of hydrogen-bond acceptors (Lipinski definition) is 3. The van der Waals surface area contributed by atoms with E-state index in [1.807, 2.05) is 18.2 Å². The van der Waals surface area contributed by atoms with E-state index in [0.717, 1.165) is 10.9 Å². The molecule has 94 valence electrons. The maximum atomic E-state index is 11.7. The number of anilines is 1. The van der Waals surface area contributed by atoms with Crippen LogP contribution in [0.25, 0.3) is 10.9 Å². The molecule has 0 spiro atoms. The van der Waals surface area contributed by atoms with Gasteiger partial charge in [-0.25, -0.2) is 4.79 Å². The van der Waals surface area contributed by atoms with E-state index >= 15 is 0 Å². The van der Waals surface area contributed by atoms with Crippen LogP contribution in [0.15, 0.2) is 30.5 Å². The molecular weight excluding hydrogens is 230 g/mol. The topological polar surface area (TPSA) is 54.5 Å². The highest BCUT2D eigenvalue weighted by Crippen LogP contribution is 2.27. The molecule has 0 fully saturated rings. The summed E-state index contributed by atoms with van der Waals surface area (Å²) < 4.78 is 5.21. The van der Waals surface area contributed by atoms with Crippen LogP contribution in [0.2, 0.25) is 0 Å². The van der Waals surface area contributed by atoms with Crippen molar-refractivity contribution in [1.29, 1.82) is 0 Å². The monoisotopic (exact) mass is 245 g/mol. The van der Waals surface area contributed by atoms with Crippen molar-refractivity contribution in [3.8, 4) is 5.75 Å². The number of rotatable bonds is 2. The van der Waals surface area contributed by atoms with Gasteiger partial charge in [0.25, 0.3) is 0 Å². The summed E-state index contributed by atoms with van der Waals surface area (Å²) in [5, 5.41) is 3.73. The van der Waals surface area contributed by atoms with Crippen molar-refractivity contribution in [3.05, 3.63) is 30.5 Å². The van der Waals surface area contributed by atoms with Crippen LogP contribution in [0.5, 0.6) is 5.75 Å². The van der Waals surface area contributed by atoms with Crippen molar-refractivity contribution >= 4 is 22.6 Å². The van der Waals surface area contributed by atoms with Crippen molar-refractivity contribution in [3.63, 3.8) is 0 Å². The van der Waals surface area contributed by atoms with E-state index in [4.69, 9.17) is 4.74 Å². The number of fused-ring (bicyclic) bond motifs is 1. The van der Waals surface area contributed by atoms with Crippen LogP contribution in [0, 0.1) is 0 Å². The second-order valence-corrected chi connectivity index (χ2v) is 4.07. The average molecular weight is 245 g/mol. The molecule has 0 unspecified atom stereocenters. The summed E-state index contributed by atoms with van der Waals surface area (Å²) in [7, 11) is 4.96. The maximum absolute atomic E-state index is 11.7. The third-order valence-electron chi connectivity index (χ3n) is 2.56. The smallest absolute Gasteiger partial charge is 0.321 e. The van der Waals surface area contributed by atoms with Gasteiger partial charge in [-0.3, -0.25) is 4.98 Å². The summed E-state index contributed by atoms with van der Waals surface area (Å²) in [6.07, 6.45) is 1.69. The van der Waals surface area contributed by atoms with Crippen molar-refractivity contribution in [1.82, 2.24) is 9.88 Å². The Hall–Kier alpha value is -2.30. The Morgan fingerprint density at radius 1 is 1.39 bits per heavy atom. The van der Waals surface area contributed by atoms with Gasteiger partial charge < -0.3 is 15.0 Å². The molecule has 0 radical (unpaired) electrons. The largest absolute Gasteiger partial charge is 0.497 e. The molecule has 0 aliphatic rings. The lowest BCUT2D eigenvalue weighted by Gasteiger charge is -2.14. The molecule has 1 aromatic heterocycles. The predicted octanol–water partition coefficient (Wildman–Crippen LogP) is 2.34. The molecule has 1 heterocycles. The Labute approximate surface area is 105 Å². The van der Waals surface area contributed by atoms with Crippen LogP contribution >= 0.6 is 0 Å². The standard InChI is InChI=1S/C13H15N3O2/c1-16(2)13(17)15-11-8-10(18-3)7-9-5-4-6-14-12(9)11/h4-8H,1-3H3,(H,15,17). The lowest BCUT2D eigenvalue weighted by Crippen LogP contribution is -2.27. The number of hydrogen-bond donors (Lipinski definition) is 1. The van der Waals surface area contributed by atoms with Gasteiger partial charge in [0.1, 0.15) is 5.75 Å². The predicted molar refractivity (Wildman–Crippen MR) is 71.0 cm³/mol. The Morgan fingerprint density at radius 2 is 2.17 bits per heavy atom. The lowest BCUT2D eigenvalue weighted by molar-refractivity contribution is 0.230. The number of amides is 2. The van der Waals surface area contributed by atoms with Crippen LogP contribution in [-0.2, 0) is 0 Å². The number of nitrogens with zero attached hydrogens (tertiary/aromatic N) is 2. The first kappa shape index (κ1) is 12.2. The van der Waals surface area contributed by atoms with Gasteiger partial charge in [-0.15, -0.1) is 0 Å². The molecule has 0 bridgehead atoms. The van der Waals surface area contributed by atoms with Crippen LogP contribution in [-0.4, -0.2) is 37.1 Å². The number of benzene rings is 1. The van der Waals surface area contributed by atoms with Gasteiger partial charge in [0.05, 0.1) is 18.3 Å². The average Bonchev–Trinajstić information content (AvgIpc) is 2.38. The Morgan fingerprint density at radius 3 is 2.83 bits per heavy atom. The van der Waals surface area contributed by atoms with Crippen LogP contribution in [0.1, 0.15) is 0 Å². The zero-order chi connectivity index (χ0) is 13.1. The van der Waals surface area contributed by atoms with E-state index in [-0.39, 0.29) is 6.03 Å². The van der Waals surface area contributed by atoms with Crippen LogP contribution < -0.4 is 10.1 Å². The summed E-state index contributed by atoms with van der Waals surface area (Å²) >= 11 is 0. The molecule has 5 heteroatoms. The van der Waals surface area contributed by atoms with E-state index in [1.165, 1.54) is 4.90 Å². The number of nitrogens with one attached hydrogen (secondary N) is 1. The quantitative estimate of drug-likeness (QED) is 0.883. The SMILES string of the molecule is COc1cc(NC(=O)N(C)C)c2ncccc2c1. The molecule has 0 aliphatic carbocycles. The number of pyridine rings is 1. The molecule has 0 aliphatic heterocycles. The molecule has 2 amide bonds. The van der Waals surface area contributed by atoms with Crippen molar-refractivity contribution in [2.75, 3.05) is 26.5 Å². The highest BCUT2D eigenvalue weighted by atomic mass is 16.5. The molecule has 2 rings (SSSR count). The summed E-state index contributed by atoms with van der Waals surface area (Å²) in [5.41, 5.74) is 1.39. The fraction of sp³-hybridized carbons (Fsp3) is 0.231. The number of urea groups is 1. The van der Waals surface area contributed by atoms with E-state index in [1.54, 1.807) is 33.5 Å². The third-order valence-corrected chi connectivity index (χ3v) is 2.56. The summed E-state index contributed by atoms with van der Waals surface area (Å²) in [4.78, 5) is 17.4. The zero-order valence-corrected chi connectivity index (χ0v) is 10.6. The van der Waals surface area contributed by atoms with Crippen LogP contribution in [0.4, 0.5) is 10.5 Å². The normalized spacial score (nSPS) is 10.2. The van der Waals surface area contributed by atoms with Crippen molar-refractivity contribution in [2.24, 2.45) is 0 Å². The van der Waals surface area contributed by atoms with Gasteiger partial charge in [0.2, 0.25) is 0 Å². The Balaban J connectivity index is 2.50. The molecule has 1 aromatic carbocycles. The van der Waals surface area contributed by atoms with Crippen LogP contribution in [0.3, 0.4) is 0 Å². The number of carbonyl (C=O) groups excluding carboxylic acids is 1. The van der Waals surface area contributed by atoms with E-state index < -0.39 is 0 Å². The maximum Gasteiger partial charge on any atom is 0.321 e. The summed E-state index contributed by atoms with van der Waals surface area (Å²) in [5.74, 6) is 0.685. The van der Waals surface area contributed by atoms with E-state index in [2.05, 4.69) is 10.3 Å². The first-order valence-electron chi connectivity index (χ1n) is 5.53. The van der Waals surface area contributed by atoms with Gasteiger partial charge in [0, 0.05) is 31.7 Å². The van der Waals surface area contributed by atoms with Gasteiger partial charge in [-0.05, 0) is 12.1 Å². The van der Waals surface area contributed by atoms with Crippen molar-refractivity contribution < 1.29 is 9.53 Å². The Bertz CT molecular complexity index is 581. The minimum atomic E-state index is -0.199. The van der Waals surface area contributed by atoms with Crippen molar-refractivity contribution in [2.45, 2.75) is 0 Å². The molecule has 18 heavy (non-hydrogen) atoms. The third kappa shape index (κ3) is 2.34. The summed E-state index contributed by atoms with van der Waals surface area (Å²) in [6.45, 7) is 0. The number of aromatic nitrogens is 1. The number of methoxy groups -OCH3 is 1. The fourth-order valence-electron chi connectivity index (χ4n) is 1.60. The molecule has 0 atom stereocenters. The molecule has 0 saturated carbocycles. The Kier molecular flexibility index (Phi) is 3.32. The minimum absolute atomic E-state index is 0.199. The van der Waals surface area contributed by atoms with Gasteiger partial charge >= 0.3 is 6.03 Å². The second kappa shape index (κ2) is 4.91.